The van der Waals surface area contributed by atoms with Gasteiger partial charge in [0.25, 0.3) is 0 Å². The van der Waals surface area contributed by atoms with Crippen LogP contribution in [0.3, 0.4) is 0 Å². The van der Waals surface area contributed by atoms with Gasteiger partial charge >= 0.3 is 0 Å². The number of benzene rings is 3. The molecule has 0 aromatic heterocycles. The predicted molar refractivity (Wildman–Crippen MR) is 99.9 cm³/mol. The molecule has 1 fully saturated rings. The van der Waals surface area contributed by atoms with E-state index in [2.05, 4.69) is 0 Å². The van der Waals surface area contributed by atoms with Crippen LogP contribution in [0.1, 0.15) is 37.9 Å². The van der Waals surface area contributed by atoms with Crippen LogP contribution in [0.15, 0.2) is 78.9 Å². The van der Waals surface area contributed by atoms with Crippen molar-refractivity contribution in [2.24, 2.45) is 0 Å². The van der Waals surface area contributed by atoms with Gasteiger partial charge in [0.15, 0.2) is 11.9 Å². The summed E-state index contributed by atoms with van der Waals surface area (Å²) in [4.78, 5) is 23.7. The monoisotopic (exact) mass is 373 g/mol. The third-order valence-corrected chi connectivity index (χ3v) is 4.61. The average molecular weight is 373 g/mol. The highest BCUT2D eigenvalue weighted by atomic mass is 16.6. The lowest BCUT2D eigenvalue weighted by molar-refractivity contribution is -0.255. The second-order valence-corrected chi connectivity index (χ2v) is 6.52. The number of ketones is 1. The molecule has 3 aromatic rings. The van der Waals surface area contributed by atoms with Gasteiger partial charge in [0.2, 0.25) is 0 Å². The number of Topliss-reactive ketones (excluding diaryl/α,β-unsaturated/α-hetero) is 1. The Balaban J connectivity index is 1.46. The first kappa shape index (κ1) is 17.9. The number of rotatable bonds is 7. The van der Waals surface area contributed by atoms with Gasteiger partial charge in [-0.3, -0.25) is 4.79 Å². The van der Waals surface area contributed by atoms with Crippen LogP contribution in [0.4, 0.5) is 0 Å². The minimum atomic E-state index is -1.24. The van der Waals surface area contributed by atoms with E-state index in [1.54, 1.807) is 30.3 Å². The van der Waals surface area contributed by atoms with Crippen LogP contribution in [0.2, 0.25) is 0 Å². The van der Waals surface area contributed by atoms with E-state index >= 15 is 0 Å². The minimum Gasteiger partial charge on any atom is -0.545 e. The number of carbonyl (C=O) groups excluding carboxylic acids is 2. The Hall–Kier alpha value is -3.44. The molecular weight excluding hydrogens is 356 g/mol. The van der Waals surface area contributed by atoms with Crippen molar-refractivity contribution < 1.29 is 24.2 Å². The zero-order valence-electron chi connectivity index (χ0n) is 14.9. The average Bonchev–Trinajstić information content (AvgIpc) is 3.54. The summed E-state index contributed by atoms with van der Waals surface area (Å²) < 4.78 is 11.4. The fourth-order valence-corrected chi connectivity index (χ4v) is 3.06. The van der Waals surface area contributed by atoms with Crippen molar-refractivity contribution in [3.8, 4) is 5.75 Å². The molecular formula is C23H17O5-. The molecule has 0 radical (unpaired) electrons. The van der Waals surface area contributed by atoms with Gasteiger partial charge in [0.05, 0.1) is 11.5 Å². The number of carbonyl (C=O) groups is 2. The van der Waals surface area contributed by atoms with Crippen molar-refractivity contribution in [1.29, 1.82) is 0 Å². The molecule has 3 aromatic carbocycles. The summed E-state index contributed by atoms with van der Waals surface area (Å²) in [5.41, 5.74) is 2.33. The number of aromatic carboxylic acids is 1. The zero-order chi connectivity index (χ0) is 19.5. The summed E-state index contributed by atoms with van der Waals surface area (Å²) in [7, 11) is 0. The van der Waals surface area contributed by atoms with E-state index in [0.717, 1.165) is 11.1 Å². The van der Waals surface area contributed by atoms with Crippen LogP contribution in [-0.2, 0) is 11.3 Å². The summed E-state index contributed by atoms with van der Waals surface area (Å²) in [5, 5.41) is 10.8. The largest absolute Gasteiger partial charge is 0.545 e. The van der Waals surface area contributed by atoms with Crippen LogP contribution in [0, 0.1) is 0 Å². The van der Waals surface area contributed by atoms with Crippen LogP contribution < -0.4 is 9.84 Å². The van der Waals surface area contributed by atoms with Crippen LogP contribution >= 0.6 is 0 Å². The lowest BCUT2D eigenvalue weighted by Gasteiger charge is -2.10. The molecule has 0 unspecified atom stereocenters. The molecule has 0 spiro atoms. The smallest absolute Gasteiger partial charge is 0.198 e. The number of epoxide rings is 1. The second kappa shape index (κ2) is 7.66. The lowest BCUT2D eigenvalue weighted by atomic mass is 10.0. The first-order valence-electron chi connectivity index (χ1n) is 8.90. The highest BCUT2D eigenvalue weighted by Gasteiger charge is 2.46. The summed E-state index contributed by atoms with van der Waals surface area (Å²) in [6, 6.07) is 23.0. The van der Waals surface area contributed by atoms with E-state index in [1.165, 1.54) is 12.1 Å². The van der Waals surface area contributed by atoms with Gasteiger partial charge in [-0.1, -0.05) is 66.7 Å². The maximum atomic E-state index is 12.9. The van der Waals surface area contributed by atoms with Crippen molar-refractivity contribution in [3.05, 3.63) is 101 Å². The number of para-hydroxylation sites is 1. The third-order valence-electron chi connectivity index (χ3n) is 4.61. The van der Waals surface area contributed by atoms with Gasteiger partial charge in [0.1, 0.15) is 18.5 Å². The van der Waals surface area contributed by atoms with Gasteiger partial charge in [-0.15, -0.1) is 0 Å². The summed E-state index contributed by atoms with van der Waals surface area (Å²) >= 11 is 0. The Bertz CT molecular complexity index is 995. The first-order valence-corrected chi connectivity index (χ1v) is 8.90. The summed E-state index contributed by atoms with van der Waals surface area (Å²) in [6.45, 7) is 0.366. The Morgan fingerprint density at radius 2 is 1.57 bits per heavy atom. The molecule has 28 heavy (non-hydrogen) atoms. The Morgan fingerprint density at radius 3 is 2.29 bits per heavy atom. The molecule has 5 heteroatoms. The van der Waals surface area contributed by atoms with Crippen molar-refractivity contribution >= 4 is 11.8 Å². The van der Waals surface area contributed by atoms with E-state index in [4.69, 9.17) is 9.47 Å². The Labute approximate surface area is 162 Å². The number of hydrogen-bond acceptors (Lipinski definition) is 5. The molecule has 4 rings (SSSR count). The Kier molecular flexibility index (Phi) is 4.91. The normalized spacial score (nSPS) is 17.7. The quantitative estimate of drug-likeness (QED) is 0.470. The molecule has 2 atom stereocenters. The zero-order valence-corrected chi connectivity index (χ0v) is 14.9. The SMILES string of the molecule is O=C([O-])c1ccc([C@@H]2O[C@@H]2C(=O)c2ccccc2OCc2ccccc2)cc1. The number of hydrogen-bond donors (Lipinski definition) is 0. The number of carboxylic acid groups (broad SMARTS) is 1. The molecule has 140 valence electrons. The van der Waals surface area contributed by atoms with Crippen molar-refractivity contribution in [1.82, 2.24) is 0 Å². The topological polar surface area (TPSA) is 79.0 Å². The van der Waals surface area contributed by atoms with Gasteiger partial charge in [0, 0.05) is 0 Å². The van der Waals surface area contributed by atoms with Gasteiger partial charge < -0.3 is 19.4 Å². The van der Waals surface area contributed by atoms with E-state index in [-0.39, 0.29) is 17.5 Å². The fourth-order valence-electron chi connectivity index (χ4n) is 3.06. The van der Waals surface area contributed by atoms with E-state index in [0.29, 0.717) is 17.9 Å². The van der Waals surface area contributed by atoms with E-state index in [1.807, 2.05) is 36.4 Å². The van der Waals surface area contributed by atoms with E-state index < -0.39 is 12.1 Å². The fraction of sp³-hybridized carbons (Fsp3) is 0.130. The van der Waals surface area contributed by atoms with E-state index in [9.17, 15) is 14.7 Å². The van der Waals surface area contributed by atoms with Gasteiger partial charge in [-0.25, -0.2) is 0 Å². The second-order valence-electron chi connectivity index (χ2n) is 6.52. The molecule has 5 nitrogen and oxygen atoms in total. The molecule has 0 bridgehead atoms. The van der Waals surface area contributed by atoms with Crippen molar-refractivity contribution in [3.63, 3.8) is 0 Å². The molecule has 1 aliphatic heterocycles. The van der Waals surface area contributed by atoms with Crippen LogP contribution in [0.5, 0.6) is 5.75 Å². The highest BCUT2D eigenvalue weighted by molar-refractivity contribution is 6.03. The van der Waals surface area contributed by atoms with Crippen molar-refractivity contribution in [2.75, 3.05) is 0 Å². The molecule has 0 N–H and O–H groups in total. The first-order chi connectivity index (χ1) is 13.6. The molecule has 0 saturated carbocycles. The van der Waals surface area contributed by atoms with Crippen LogP contribution in [-0.4, -0.2) is 17.9 Å². The molecule has 0 amide bonds. The standard InChI is InChI=1S/C23H18O5/c24-20(22-21(28-22)16-10-12-17(13-11-16)23(25)26)18-8-4-5-9-19(18)27-14-15-6-2-1-3-7-15/h1-13,21-22H,14H2,(H,25,26)/p-1/t21-,22+/m0/s1. The third kappa shape index (κ3) is 3.80. The summed E-state index contributed by atoms with van der Waals surface area (Å²) in [6.07, 6.45) is -0.985. The Morgan fingerprint density at radius 1 is 0.893 bits per heavy atom. The molecule has 1 aliphatic rings. The predicted octanol–water partition coefficient (Wildman–Crippen LogP) is 2.95. The van der Waals surface area contributed by atoms with Crippen LogP contribution in [0.25, 0.3) is 0 Å². The maximum Gasteiger partial charge on any atom is 0.198 e. The highest BCUT2D eigenvalue weighted by Crippen LogP contribution is 2.41. The maximum absolute atomic E-state index is 12.9. The minimum absolute atomic E-state index is 0.0898. The van der Waals surface area contributed by atoms with Gasteiger partial charge in [-0.05, 0) is 28.8 Å². The molecule has 1 heterocycles. The molecule has 1 saturated heterocycles. The van der Waals surface area contributed by atoms with Crippen molar-refractivity contribution in [2.45, 2.75) is 18.8 Å². The number of carboxylic acids is 1. The van der Waals surface area contributed by atoms with Gasteiger partial charge in [-0.2, -0.15) is 0 Å². The summed E-state index contributed by atoms with van der Waals surface area (Å²) in [5.74, 6) is -0.879. The lowest BCUT2D eigenvalue weighted by Crippen LogP contribution is -2.22. The molecule has 0 aliphatic carbocycles. The number of ether oxygens (including phenoxy) is 2.